The van der Waals surface area contributed by atoms with Crippen LogP contribution in [0.2, 0.25) is 0 Å². The molecule has 0 atom stereocenters. The first-order valence-electron chi connectivity index (χ1n) is 9.73. The summed E-state index contributed by atoms with van der Waals surface area (Å²) in [6.45, 7) is 8.17. The molecule has 2 heterocycles. The highest BCUT2D eigenvalue weighted by atomic mass is 16.5. The molecule has 1 N–H and O–H groups in total. The Balaban J connectivity index is 2.03. The maximum absolute atomic E-state index is 10.2. The van der Waals surface area contributed by atoms with Crippen molar-refractivity contribution in [2.45, 2.75) is 52.9 Å². The summed E-state index contributed by atoms with van der Waals surface area (Å²) in [5, 5.41) is 14.3. The SMILES string of the molecule is CCc1cc(-c2noc(-c3cc(OC)nc(C(CC)CC)c3)n2)cc(C)c1O. The molecule has 0 amide bonds. The number of aromatic hydroxyl groups is 1. The van der Waals surface area contributed by atoms with Crippen LogP contribution in [0.4, 0.5) is 0 Å². The lowest BCUT2D eigenvalue weighted by Crippen LogP contribution is -2.01. The molecule has 0 saturated carbocycles. The summed E-state index contributed by atoms with van der Waals surface area (Å²) in [7, 11) is 1.60. The topological polar surface area (TPSA) is 81.3 Å². The molecule has 148 valence electrons. The Morgan fingerprint density at radius 2 is 1.79 bits per heavy atom. The van der Waals surface area contributed by atoms with E-state index in [9.17, 15) is 5.11 Å². The van der Waals surface area contributed by atoms with Gasteiger partial charge in [-0.15, -0.1) is 0 Å². The van der Waals surface area contributed by atoms with Crippen molar-refractivity contribution in [2.75, 3.05) is 7.11 Å². The van der Waals surface area contributed by atoms with Crippen molar-refractivity contribution >= 4 is 0 Å². The molecule has 6 nitrogen and oxygen atoms in total. The zero-order valence-corrected chi connectivity index (χ0v) is 17.1. The summed E-state index contributed by atoms with van der Waals surface area (Å²) in [5.41, 5.74) is 4.24. The Morgan fingerprint density at radius 3 is 2.43 bits per heavy atom. The molecule has 3 rings (SSSR count). The minimum absolute atomic E-state index is 0.323. The van der Waals surface area contributed by atoms with Gasteiger partial charge in [0.25, 0.3) is 5.89 Å². The summed E-state index contributed by atoms with van der Waals surface area (Å²) in [6.07, 6.45) is 2.72. The quantitative estimate of drug-likeness (QED) is 0.599. The van der Waals surface area contributed by atoms with E-state index in [1.807, 2.05) is 38.1 Å². The number of methoxy groups -OCH3 is 1. The second-order valence-electron chi connectivity index (χ2n) is 6.91. The average molecular weight is 381 g/mol. The average Bonchev–Trinajstić information content (AvgIpc) is 3.21. The molecule has 0 saturated heterocycles. The van der Waals surface area contributed by atoms with E-state index in [1.165, 1.54) is 0 Å². The number of nitrogens with zero attached hydrogens (tertiary/aromatic N) is 3. The number of phenols is 1. The molecule has 0 fully saturated rings. The normalized spacial score (nSPS) is 11.2. The van der Waals surface area contributed by atoms with Crippen LogP contribution in [0.25, 0.3) is 22.8 Å². The molecular weight excluding hydrogens is 354 g/mol. The molecule has 0 bridgehead atoms. The Labute approximate surface area is 165 Å². The molecular formula is C22H27N3O3. The van der Waals surface area contributed by atoms with Crippen LogP contribution in [0, 0.1) is 6.92 Å². The van der Waals surface area contributed by atoms with Crippen LogP contribution in [0.15, 0.2) is 28.8 Å². The Kier molecular flexibility index (Phi) is 5.97. The van der Waals surface area contributed by atoms with E-state index in [-0.39, 0.29) is 0 Å². The summed E-state index contributed by atoms with van der Waals surface area (Å²) in [4.78, 5) is 9.17. The van der Waals surface area contributed by atoms with E-state index in [1.54, 1.807) is 7.11 Å². The summed E-state index contributed by atoms with van der Waals surface area (Å²) in [6, 6.07) is 7.57. The second-order valence-corrected chi connectivity index (χ2v) is 6.91. The first-order chi connectivity index (χ1) is 13.5. The van der Waals surface area contributed by atoms with Crippen LogP contribution >= 0.6 is 0 Å². The molecule has 3 aromatic rings. The molecule has 0 aliphatic rings. The van der Waals surface area contributed by atoms with Crippen molar-refractivity contribution < 1.29 is 14.4 Å². The summed E-state index contributed by atoms with van der Waals surface area (Å²) in [5.74, 6) is 2.12. The van der Waals surface area contributed by atoms with Crippen molar-refractivity contribution in [3.8, 4) is 34.5 Å². The predicted octanol–water partition coefficient (Wildman–Crippen LogP) is 5.29. The van der Waals surface area contributed by atoms with Gasteiger partial charge in [-0.3, -0.25) is 0 Å². The van der Waals surface area contributed by atoms with E-state index in [0.717, 1.165) is 47.2 Å². The first-order valence-corrected chi connectivity index (χ1v) is 9.73. The molecule has 0 radical (unpaired) electrons. The van der Waals surface area contributed by atoms with Crippen LogP contribution in [-0.2, 0) is 6.42 Å². The van der Waals surface area contributed by atoms with Gasteiger partial charge in [0.05, 0.1) is 7.11 Å². The highest BCUT2D eigenvalue weighted by molar-refractivity contribution is 5.64. The monoisotopic (exact) mass is 381 g/mol. The van der Waals surface area contributed by atoms with Gasteiger partial charge in [-0.2, -0.15) is 4.98 Å². The minimum atomic E-state index is 0.323. The maximum Gasteiger partial charge on any atom is 0.258 e. The highest BCUT2D eigenvalue weighted by Crippen LogP contribution is 2.32. The van der Waals surface area contributed by atoms with Crippen LogP contribution in [0.5, 0.6) is 11.6 Å². The summed E-state index contributed by atoms with van der Waals surface area (Å²) < 4.78 is 10.9. The first kappa shape index (κ1) is 19.9. The Morgan fingerprint density at radius 1 is 1.04 bits per heavy atom. The molecule has 28 heavy (non-hydrogen) atoms. The summed E-state index contributed by atoms with van der Waals surface area (Å²) >= 11 is 0. The fourth-order valence-electron chi connectivity index (χ4n) is 3.38. The number of aromatic nitrogens is 3. The minimum Gasteiger partial charge on any atom is -0.507 e. The largest absolute Gasteiger partial charge is 0.507 e. The van der Waals surface area contributed by atoms with Gasteiger partial charge in [-0.05, 0) is 55.5 Å². The number of ether oxygens (including phenoxy) is 1. The Hall–Kier alpha value is -2.89. The van der Waals surface area contributed by atoms with E-state index >= 15 is 0 Å². The molecule has 0 aliphatic carbocycles. The van der Waals surface area contributed by atoms with Crippen LogP contribution in [0.1, 0.15) is 56.4 Å². The van der Waals surface area contributed by atoms with Crippen LogP contribution < -0.4 is 4.74 Å². The smallest absolute Gasteiger partial charge is 0.258 e. The number of phenolic OH excluding ortho intramolecular Hbond substituents is 1. The zero-order valence-electron chi connectivity index (χ0n) is 17.1. The molecule has 0 spiro atoms. The lowest BCUT2D eigenvalue weighted by atomic mass is 9.97. The van der Waals surface area contributed by atoms with Gasteiger partial charge in [-0.25, -0.2) is 4.98 Å². The lowest BCUT2D eigenvalue weighted by molar-refractivity contribution is 0.393. The van der Waals surface area contributed by atoms with Crippen LogP contribution in [-0.4, -0.2) is 27.3 Å². The number of hydrogen-bond acceptors (Lipinski definition) is 6. The van der Waals surface area contributed by atoms with Crippen molar-refractivity contribution in [3.63, 3.8) is 0 Å². The van der Waals surface area contributed by atoms with E-state index < -0.39 is 0 Å². The third kappa shape index (κ3) is 3.86. The van der Waals surface area contributed by atoms with Crippen molar-refractivity contribution in [2.24, 2.45) is 0 Å². The molecule has 0 unspecified atom stereocenters. The van der Waals surface area contributed by atoms with Gasteiger partial charge >= 0.3 is 0 Å². The van der Waals surface area contributed by atoms with Crippen molar-refractivity contribution in [1.82, 2.24) is 15.1 Å². The second kappa shape index (κ2) is 8.42. The molecule has 0 aliphatic heterocycles. The standard InChI is InChI=1S/C22H27N3O3/c1-6-14(7-2)18-11-17(12-19(23-18)27-5)22-24-21(25-28-22)16-9-13(4)20(26)15(8-3)10-16/h9-12,14,26H,6-8H2,1-5H3. The number of benzene rings is 1. The van der Waals surface area contributed by atoms with E-state index in [2.05, 4.69) is 29.0 Å². The number of aryl methyl sites for hydroxylation is 2. The molecule has 1 aromatic carbocycles. The number of pyridine rings is 1. The van der Waals surface area contributed by atoms with E-state index in [0.29, 0.717) is 29.3 Å². The third-order valence-electron chi connectivity index (χ3n) is 5.13. The van der Waals surface area contributed by atoms with E-state index in [4.69, 9.17) is 9.26 Å². The lowest BCUT2D eigenvalue weighted by Gasteiger charge is -2.13. The Bertz CT molecular complexity index is 962. The van der Waals surface area contributed by atoms with Gasteiger partial charge in [0, 0.05) is 28.8 Å². The van der Waals surface area contributed by atoms with Gasteiger partial charge in [0.2, 0.25) is 11.7 Å². The fourth-order valence-corrected chi connectivity index (χ4v) is 3.38. The predicted molar refractivity (Wildman–Crippen MR) is 109 cm³/mol. The van der Waals surface area contributed by atoms with Crippen molar-refractivity contribution in [1.29, 1.82) is 0 Å². The van der Waals surface area contributed by atoms with Crippen molar-refractivity contribution in [3.05, 3.63) is 41.1 Å². The van der Waals surface area contributed by atoms with Gasteiger partial charge < -0.3 is 14.4 Å². The number of hydrogen-bond donors (Lipinski definition) is 1. The van der Waals surface area contributed by atoms with Gasteiger partial charge in [-0.1, -0.05) is 25.9 Å². The highest BCUT2D eigenvalue weighted by Gasteiger charge is 2.17. The zero-order chi connectivity index (χ0) is 20.3. The molecule has 6 heteroatoms. The van der Waals surface area contributed by atoms with Crippen LogP contribution in [0.3, 0.4) is 0 Å². The fraction of sp³-hybridized carbons (Fsp3) is 0.409. The molecule has 2 aromatic heterocycles. The van der Waals surface area contributed by atoms with Gasteiger partial charge in [0.15, 0.2) is 0 Å². The third-order valence-corrected chi connectivity index (χ3v) is 5.13. The number of rotatable bonds is 7. The maximum atomic E-state index is 10.2. The van der Waals surface area contributed by atoms with Gasteiger partial charge in [0.1, 0.15) is 5.75 Å².